The predicted octanol–water partition coefficient (Wildman–Crippen LogP) is 3.87. The molecule has 2 rings (SSSR count). The minimum absolute atomic E-state index is 0.183. The van der Waals surface area contributed by atoms with Gasteiger partial charge in [-0.15, -0.1) is 11.3 Å². The molecule has 0 aliphatic heterocycles. The highest BCUT2D eigenvalue weighted by Gasteiger charge is 2.00. The van der Waals surface area contributed by atoms with E-state index in [9.17, 15) is 4.79 Å². The quantitative estimate of drug-likeness (QED) is 0.872. The van der Waals surface area contributed by atoms with Crippen molar-refractivity contribution < 1.29 is 4.79 Å². The van der Waals surface area contributed by atoms with Crippen molar-refractivity contribution in [2.75, 3.05) is 5.32 Å². The Hall–Kier alpha value is -1.46. The van der Waals surface area contributed by atoms with Gasteiger partial charge in [0.1, 0.15) is 0 Å². The van der Waals surface area contributed by atoms with Crippen LogP contribution in [0.5, 0.6) is 0 Å². The van der Waals surface area contributed by atoms with Crippen LogP contribution in [0.2, 0.25) is 0 Å². The molecule has 0 unspecified atom stereocenters. The van der Waals surface area contributed by atoms with Crippen LogP contribution in [0.1, 0.15) is 11.1 Å². The first-order valence-corrected chi connectivity index (χ1v) is 6.97. The fourth-order valence-electron chi connectivity index (χ4n) is 1.37. The number of hydrogen-bond donors (Lipinski definition) is 1. The maximum atomic E-state index is 11.6. The largest absolute Gasteiger partial charge is 0.298 e. The summed E-state index contributed by atoms with van der Waals surface area (Å²) in [5.74, 6) is -0.183. The Labute approximate surface area is 118 Å². The zero-order valence-electron chi connectivity index (χ0n) is 9.68. The van der Waals surface area contributed by atoms with Crippen LogP contribution in [0.25, 0.3) is 6.08 Å². The summed E-state index contributed by atoms with van der Waals surface area (Å²) in [6.07, 6.45) is 4.92. The molecule has 2 aromatic rings. The highest BCUT2D eigenvalue weighted by atomic mass is 79.9. The molecule has 1 N–H and O–H groups in total. The lowest BCUT2D eigenvalue weighted by molar-refractivity contribution is -0.111. The normalized spacial score (nSPS) is 10.8. The van der Waals surface area contributed by atoms with Crippen LogP contribution in [-0.4, -0.2) is 10.9 Å². The lowest BCUT2D eigenvalue weighted by Gasteiger charge is -2.00. The molecule has 92 valence electrons. The molecule has 0 bridgehead atoms. The summed E-state index contributed by atoms with van der Waals surface area (Å²) in [5.41, 5.74) is 2.14. The van der Waals surface area contributed by atoms with Gasteiger partial charge in [0.2, 0.25) is 5.91 Å². The van der Waals surface area contributed by atoms with Crippen molar-refractivity contribution in [1.29, 1.82) is 0 Å². The van der Waals surface area contributed by atoms with Gasteiger partial charge in [0.15, 0.2) is 5.13 Å². The Morgan fingerprint density at radius 3 is 3.00 bits per heavy atom. The topological polar surface area (TPSA) is 42.0 Å². The van der Waals surface area contributed by atoms with Crippen molar-refractivity contribution in [2.24, 2.45) is 0 Å². The second-order valence-electron chi connectivity index (χ2n) is 3.68. The van der Waals surface area contributed by atoms with E-state index in [2.05, 4.69) is 26.2 Å². The Morgan fingerprint density at radius 2 is 2.33 bits per heavy atom. The van der Waals surface area contributed by atoms with Gasteiger partial charge >= 0.3 is 0 Å². The summed E-state index contributed by atoms with van der Waals surface area (Å²) in [4.78, 5) is 15.6. The van der Waals surface area contributed by atoms with Crippen LogP contribution in [0.3, 0.4) is 0 Å². The fraction of sp³-hybridized carbons (Fsp3) is 0.0769. The minimum atomic E-state index is -0.183. The van der Waals surface area contributed by atoms with Crippen LogP contribution >= 0.6 is 27.3 Å². The molecule has 1 aromatic carbocycles. The number of nitrogens with zero attached hydrogens (tertiary/aromatic N) is 1. The Bertz CT molecular complexity index is 579. The Morgan fingerprint density at radius 1 is 1.50 bits per heavy atom. The van der Waals surface area contributed by atoms with E-state index in [4.69, 9.17) is 0 Å². The molecule has 0 saturated heterocycles. The molecule has 0 radical (unpaired) electrons. The molecule has 1 heterocycles. The van der Waals surface area contributed by atoms with Crippen LogP contribution in [0.15, 0.2) is 40.3 Å². The van der Waals surface area contributed by atoms with Gasteiger partial charge in [-0.1, -0.05) is 28.1 Å². The Kier molecular flexibility index (Phi) is 4.28. The molecule has 0 aliphatic rings. The van der Waals surface area contributed by atoms with E-state index < -0.39 is 0 Å². The minimum Gasteiger partial charge on any atom is -0.298 e. The summed E-state index contributed by atoms with van der Waals surface area (Å²) < 4.78 is 0.973. The van der Waals surface area contributed by atoms with Gasteiger partial charge in [-0.25, -0.2) is 4.98 Å². The van der Waals surface area contributed by atoms with E-state index >= 15 is 0 Å². The van der Waals surface area contributed by atoms with Crippen molar-refractivity contribution >= 4 is 44.4 Å². The number of benzene rings is 1. The summed E-state index contributed by atoms with van der Waals surface area (Å²) in [5, 5.41) is 5.11. The molecule has 1 aromatic heterocycles. The number of halogens is 1. The first-order valence-electron chi connectivity index (χ1n) is 5.30. The van der Waals surface area contributed by atoms with E-state index in [-0.39, 0.29) is 5.91 Å². The first-order chi connectivity index (χ1) is 8.65. The fourth-order valence-corrected chi connectivity index (χ4v) is 2.52. The van der Waals surface area contributed by atoms with Crippen molar-refractivity contribution in [3.8, 4) is 0 Å². The van der Waals surface area contributed by atoms with Crippen LogP contribution in [-0.2, 0) is 4.79 Å². The second kappa shape index (κ2) is 5.93. The van der Waals surface area contributed by atoms with Crippen molar-refractivity contribution in [1.82, 2.24) is 4.98 Å². The maximum absolute atomic E-state index is 11.6. The van der Waals surface area contributed by atoms with Gasteiger partial charge in [-0.3, -0.25) is 10.1 Å². The second-order valence-corrected chi connectivity index (χ2v) is 5.43. The molecule has 0 fully saturated rings. The van der Waals surface area contributed by atoms with E-state index in [0.717, 1.165) is 10.0 Å². The van der Waals surface area contributed by atoms with Gasteiger partial charge in [-0.2, -0.15) is 0 Å². The number of aromatic nitrogens is 1. The third-order valence-corrected chi connectivity index (χ3v) is 3.61. The monoisotopic (exact) mass is 322 g/mol. The SMILES string of the molecule is Cc1ccc(/C=C/C(=O)Nc2nccs2)c(Br)c1. The number of carbonyl (C=O) groups is 1. The van der Waals surface area contributed by atoms with Crippen molar-refractivity contribution in [3.63, 3.8) is 0 Å². The zero-order chi connectivity index (χ0) is 13.0. The molecular weight excluding hydrogens is 312 g/mol. The number of hydrogen-bond acceptors (Lipinski definition) is 3. The molecule has 3 nitrogen and oxygen atoms in total. The van der Waals surface area contributed by atoms with Crippen molar-refractivity contribution in [3.05, 3.63) is 51.5 Å². The van der Waals surface area contributed by atoms with Gasteiger partial charge in [0.25, 0.3) is 0 Å². The third kappa shape index (κ3) is 3.51. The molecule has 0 atom stereocenters. The summed E-state index contributed by atoms with van der Waals surface area (Å²) in [7, 11) is 0. The van der Waals surface area contributed by atoms with Crippen LogP contribution < -0.4 is 5.32 Å². The molecule has 18 heavy (non-hydrogen) atoms. The number of anilines is 1. The molecule has 0 spiro atoms. The van der Waals surface area contributed by atoms with Crippen molar-refractivity contribution in [2.45, 2.75) is 6.92 Å². The smallest absolute Gasteiger partial charge is 0.250 e. The lowest BCUT2D eigenvalue weighted by atomic mass is 10.1. The molecular formula is C13H11BrN2OS. The zero-order valence-corrected chi connectivity index (χ0v) is 12.1. The molecule has 0 saturated carbocycles. The predicted molar refractivity (Wildman–Crippen MR) is 78.7 cm³/mol. The van der Waals surface area contributed by atoms with Crippen LogP contribution in [0.4, 0.5) is 5.13 Å². The maximum Gasteiger partial charge on any atom is 0.250 e. The lowest BCUT2D eigenvalue weighted by Crippen LogP contribution is -2.07. The number of thiazole rings is 1. The average molecular weight is 323 g/mol. The summed E-state index contributed by atoms with van der Waals surface area (Å²) in [6, 6.07) is 5.98. The molecule has 0 aliphatic carbocycles. The average Bonchev–Trinajstić information content (AvgIpc) is 2.80. The van der Waals surface area contributed by atoms with Gasteiger partial charge in [-0.05, 0) is 30.2 Å². The highest BCUT2D eigenvalue weighted by Crippen LogP contribution is 2.19. The van der Waals surface area contributed by atoms with E-state index in [0.29, 0.717) is 5.13 Å². The van der Waals surface area contributed by atoms with E-state index in [1.54, 1.807) is 12.3 Å². The van der Waals surface area contributed by atoms with Crippen LogP contribution in [0, 0.1) is 6.92 Å². The van der Waals surface area contributed by atoms with Gasteiger partial charge in [0.05, 0.1) is 0 Å². The standard InChI is InChI=1S/C13H11BrN2OS/c1-9-2-3-10(11(14)8-9)4-5-12(17)16-13-15-6-7-18-13/h2-8H,1H3,(H,15,16,17)/b5-4+. The van der Waals surface area contributed by atoms with E-state index in [1.165, 1.54) is 23.0 Å². The Balaban J connectivity index is 2.04. The highest BCUT2D eigenvalue weighted by molar-refractivity contribution is 9.10. The number of amides is 1. The van der Waals surface area contributed by atoms with Gasteiger partial charge < -0.3 is 0 Å². The van der Waals surface area contributed by atoms with E-state index in [1.807, 2.05) is 30.5 Å². The number of carbonyl (C=O) groups excluding carboxylic acids is 1. The third-order valence-electron chi connectivity index (χ3n) is 2.23. The summed E-state index contributed by atoms with van der Waals surface area (Å²) in [6.45, 7) is 2.02. The molecule has 5 heteroatoms. The first kappa shape index (κ1) is 13.0. The molecule has 1 amide bonds. The number of nitrogens with one attached hydrogen (secondary N) is 1. The number of aryl methyl sites for hydroxylation is 1. The summed E-state index contributed by atoms with van der Waals surface area (Å²) >= 11 is 4.86. The van der Waals surface area contributed by atoms with Gasteiger partial charge in [0, 0.05) is 22.1 Å². The number of rotatable bonds is 3.